The normalized spacial score (nSPS) is 8.00. The molecule has 0 saturated carbocycles. The van der Waals surface area contributed by atoms with Crippen molar-refractivity contribution >= 4 is 6.21 Å². The van der Waals surface area contributed by atoms with Gasteiger partial charge in [-0.2, -0.15) is 0 Å². The van der Waals surface area contributed by atoms with Crippen LogP contribution in [0.4, 0.5) is 0 Å². The summed E-state index contributed by atoms with van der Waals surface area (Å²) in [6.07, 6.45) is 1.56. The summed E-state index contributed by atoms with van der Waals surface area (Å²) >= 11 is 0. The molecule has 0 fully saturated rings. The Bertz CT molecular complexity index is 86.9. The van der Waals surface area contributed by atoms with Gasteiger partial charge >= 0.3 is 0 Å². The van der Waals surface area contributed by atoms with Crippen molar-refractivity contribution in [3.05, 3.63) is 12.2 Å². The summed E-state index contributed by atoms with van der Waals surface area (Å²) in [7, 11) is 1.50. The summed E-state index contributed by atoms with van der Waals surface area (Å²) in [5.41, 5.74) is 0.891. The van der Waals surface area contributed by atoms with Gasteiger partial charge in [0, 0.05) is 0 Å². The SMILES string of the molecule is C=C(C)/C=N\OC.CC. The summed E-state index contributed by atoms with van der Waals surface area (Å²) in [5.74, 6) is 0. The largest absolute Gasteiger partial charge is 0.399 e. The predicted octanol–water partition coefficient (Wildman–Crippen LogP) is 2.22. The molecule has 0 aliphatic rings. The fraction of sp³-hybridized carbons (Fsp3) is 0.571. The maximum atomic E-state index is 4.36. The lowest BCUT2D eigenvalue weighted by molar-refractivity contribution is 0.215. The molecule has 0 amide bonds. The first-order valence-corrected chi connectivity index (χ1v) is 2.99. The van der Waals surface area contributed by atoms with Gasteiger partial charge in [-0.05, 0) is 12.5 Å². The topological polar surface area (TPSA) is 21.6 Å². The quantitative estimate of drug-likeness (QED) is 0.414. The Balaban J connectivity index is 0. The highest BCUT2D eigenvalue weighted by Gasteiger charge is 1.69. The van der Waals surface area contributed by atoms with Crippen LogP contribution in [0.25, 0.3) is 0 Å². The molecule has 0 spiro atoms. The maximum Gasteiger partial charge on any atom is 0.106 e. The molecule has 0 aliphatic carbocycles. The molecule has 9 heavy (non-hydrogen) atoms. The van der Waals surface area contributed by atoms with Crippen molar-refractivity contribution in [3.8, 4) is 0 Å². The van der Waals surface area contributed by atoms with E-state index in [1.165, 1.54) is 7.11 Å². The first-order chi connectivity index (χ1) is 4.27. The second kappa shape index (κ2) is 10.2. The number of oxime groups is 1. The van der Waals surface area contributed by atoms with Crippen LogP contribution < -0.4 is 0 Å². The predicted molar refractivity (Wildman–Crippen MR) is 41.7 cm³/mol. The van der Waals surface area contributed by atoms with E-state index in [1.54, 1.807) is 6.21 Å². The molecule has 0 radical (unpaired) electrons. The van der Waals surface area contributed by atoms with Crippen molar-refractivity contribution in [1.29, 1.82) is 0 Å². The standard InChI is InChI=1S/C5H9NO.C2H6/c1-5(2)4-6-7-3;1-2/h4H,1H2,2-3H3;1-2H3/b6-4-;. The van der Waals surface area contributed by atoms with E-state index in [0.29, 0.717) is 0 Å². The van der Waals surface area contributed by atoms with Crippen LogP contribution in [0.15, 0.2) is 17.3 Å². The molecule has 0 heterocycles. The number of hydrogen-bond donors (Lipinski definition) is 0. The van der Waals surface area contributed by atoms with E-state index in [0.717, 1.165) is 5.57 Å². The van der Waals surface area contributed by atoms with Gasteiger partial charge in [0.1, 0.15) is 7.11 Å². The van der Waals surface area contributed by atoms with Gasteiger partial charge in [-0.25, -0.2) is 0 Å². The Hall–Kier alpha value is -0.790. The summed E-state index contributed by atoms with van der Waals surface area (Å²) < 4.78 is 0. The highest BCUT2D eigenvalue weighted by Crippen LogP contribution is 1.77. The van der Waals surface area contributed by atoms with Gasteiger partial charge in [0.2, 0.25) is 0 Å². The van der Waals surface area contributed by atoms with E-state index < -0.39 is 0 Å². The second-order valence-corrected chi connectivity index (χ2v) is 1.26. The van der Waals surface area contributed by atoms with Crippen LogP contribution in [0.1, 0.15) is 20.8 Å². The third-order valence-electron chi connectivity index (χ3n) is 0.379. The lowest BCUT2D eigenvalue weighted by Crippen LogP contribution is -1.73. The van der Waals surface area contributed by atoms with Crippen molar-refractivity contribution in [1.82, 2.24) is 0 Å². The van der Waals surface area contributed by atoms with E-state index in [-0.39, 0.29) is 0 Å². The fourth-order valence-corrected chi connectivity index (χ4v) is 0.143. The molecule has 0 bridgehead atoms. The van der Waals surface area contributed by atoms with Crippen molar-refractivity contribution in [2.45, 2.75) is 20.8 Å². The van der Waals surface area contributed by atoms with Crippen molar-refractivity contribution in [2.24, 2.45) is 5.16 Å². The molecule has 2 nitrogen and oxygen atoms in total. The maximum absolute atomic E-state index is 4.36. The molecule has 0 rings (SSSR count). The van der Waals surface area contributed by atoms with Crippen LogP contribution in [0.3, 0.4) is 0 Å². The van der Waals surface area contributed by atoms with Crippen LogP contribution in [0.2, 0.25) is 0 Å². The number of allylic oxidation sites excluding steroid dienone is 1. The van der Waals surface area contributed by atoms with Crippen LogP contribution in [0, 0.1) is 0 Å². The Morgan fingerprint density at radius 2 is 2.00 bits per heavy atom. The third kappa shape index (κ3) is 19.0. The molecular weight excluding hydrogens is 114 g/mol. The van der Waals surface area contributed by atoms with E-state index in [9.17, 15) is 0 Å². The lowest BCUT2D eigenvalue weighted by Gasteiger charge is -1.82. The first kappa shape index (κ1) is 11.1. The number of nitrogens with zero attached hydrogens (tertiary/aromatic N) is 1. The molecule has 0 aliphatic heterocycles. The van der Waals surface area contributed by atoms with Gasteiger partial charge in [0.15, 0.2) is 0 Å². The zero-order valence-electron chi connectivity index (χ0n) is 6.64. The van der Waals surface area contributed by atoms with Crippen LogP contribution in [-0.2, 0) is 4.84 Å². The Morgan fingerprint density at radius 1 is 1.56 bits per heavy atom. The van der Waals surface area contributed by atoms with E-state index >= 15 is 0 Å². The molecule has 0 N–H and O–H groups in total. The molecule has 2 heteroatoms. The fourth-order valence-electron chi connectivity index (χ4n) is 0.143. The summed E-state index contributed by atoms with van der Waals surface area (Å²) in [6.45, 7) is 9.41. The molecular formula is C7H15NO. The van der Waals surface area contributed by atoms with E-state index in [2.05, 4.69) is 16.6 Å². The highest BCUT2D eigenvalue weighted by atomic mass is 16.6. The average Bonchev–Trinajstić information content (AvgIpc) is 1.88. The molecule has 0 unspecified atom stereocenters. The molecule has 0 atom stereocenters. The van der Waals surface area contributed by atoms with Gasteiger partial charge in [-0.1, -0.05) is 25.6 Å². The van der Waals surface area contributed by atoms with Crippen LogP contribution >= 0.6 is 0 Å². The van der Waals surface area contributed by atoms with Gasteiger partial charge in [0.05, 0.1) is 6.21 Å². The molecule has 54 valence electrons. The third-order valence-corrected chi connectivity index (χ3v) is 0.379. The van der Waals surface area contributed by atoms with Gasteiger partial charge < -0.3 is 4.84 Å². The molecule has 0 aromatic carbocycles. The van der Waals surface area contributed by atoms with Gasteiger partial charge in [0.25, 0.3) is 0 Å². The lowest BCUT2D eigenvalue weighted by atomic mass is 10.4. The second-order valence-electron chi connectivity index (χ2n) is 1.26. The minimum Gasteiger partial charge on any atom is -0.399 e. The van der Waals surface area contributed by atoms with Crippen molar-refractivity contribution in [3.63, 3.8) is 0 Å². The minimum absolute atomic E-state index is 0.891. The highest BCUT2D eigenvalue weighted by molar-refractivity contribution is 5.75. The average molecular weight is 129 g/mol. The van der Waals surface area contributed by atoms with Crippen molar-refractivity contribution in [2.75, 3.05) is 7.11 Å². The monoisotopic (exact) mass is 129 g/mol. The Morgan fingerprint density at radius 3 is 2.11 bits per heavy atom. The number of rotatable bonds is 2. The van der Waals surface area contributed by atoms with Crippen LogP contribution in [-0.4, -0.2) is 13.3 Å². The number of hydrogen-bond acceptors (Lipinski definition) is 2. The first-order valence-electron chi connectivity index (χ1n) is 2.99. The Labute approximate surface area is 57.2 Å². The summed E-state index contributed by atoms with van der Waals surface area (Å²) in [4.78, 5) is 4.36. The smallest absolute Gasteiger partial charge is 0.106 e. The zero-order chi connectivity index (χ0) is 7.70. The van der Waals surface area contributed by atoms with E-state index in [4.69, 9.17) is 0 Å². The summed E-state index contributed by atoms with van der Waals surface area (Å²) in [5, 5.41) is 3.45. The summed E-state index contributed by atoms with van der Waals surface area (Å²) in [6, 6.07) is 0. The van der Waals surface area contributed by atoms with E-state index in [1.807, 2.05) is 20.8 Å². The van der Waals surface area contributed by atoms with Gasteiger partial charge in [-0.3, -0.25) is 0 Å². The van der Waals surface area contributed by atoms with Crippen LogP contribution in [0.5, 0.6) is 0 Å². The van der Waals surface area contributed by atoms with Crippen molar-refractivity contribution < 1.29 is 4.84 Å². The molecule has 0 saturated heterocycles. The zero-order valence-corrected chi connectivity index (χ0v) is 6.64. The minimum atomic E-state index is 0.891. The molecule has 0 aromatic rings. The van der Waals surface area contributed by atoms with Gasteiger partial charge in [-0.15, -0.1) is 0 Å². The Kier molecular flexibility index (Phi) is 12.6. The molecule has 0 aromatic heterocycles.